The molecule has 66 heavy (non-hydrogen) atoms. The molecule has 0 unspecified atom stereocenters. The summed E-state index contributed by atoms with van der Waals surface area (Å²) in [4.78, 5) is 10.4. The molecule has 0 N–H and O–H groups in total. The van der Waals surface area contributed by atoms with Gasteiger partial charge in [-0.1, -0.05) is 91.0 Å². The molecule has 0 saturated heterocycles. The maximum absolute atomic E-state index is 2.67. The van der Waals surface area contributed by atoms with Crippen molar-refractivity contribution in [3.05, 3.63) is 191 Å². The number of fused-ring (bicyclic) bond motifs is 15. The standard InChI is InChI=1S/C62H54N4/c1-5-21-57-41(13-1)17-9-33-63(57)45-25-29-49-50-30-26-47(65-35-11-19-43-15-3-7-23-59(43)65)39-55(50)62-56-40-48(66-36-12-20-44-16-4-8-24-60(44)66)28-32-52(56)51-31-27-46(38-54(51)61(62)53(49)37-45)64-34-10-18-42-14-2-6-22-58(42)64/h1-8,13-16,21-27,29-31,37-40H,9-12,17-20,28,32-36H2. The molecule has 0 radical (unpaired) electrons. The fraction of sp³-hybridized carbons (Fsp3) is 0.226. The van der Waals surface area contributed by atoms with Gasteiger partial charge in [-0.3, -0.25) is 0 Å². The highest BCUT2D eigenvalue weighted by molar-refractivity contribution is 6.34. The Balaban J connectivity index is 1.10. The maximum atomic E-state index is 2.67. The largest absolute Gasteiger partial charge is 0.345 e. The smallest absolute Gasteiger partial charge is 0.0443 e. The zero-order valence-corrected chi connectivity index (χ0v) is 37.7. The Morgan fingerprint density at radius 2 is 0.682 bits per heavy atom. The van der Waals surface area contributed by atoms with Gasteiger partial charge in [-0.15, -0.1) is 0 Å². The second-order valence-corrected chi connectivity index (χ2v) is 19.5. The van der Waals surface area contributed by atoms with E-state index in [-0.39, 0.29) is 0 Å². The first-order valence-electron chi connectivity index (χ1n) is 24.8. The number of aryl methyl sites for hydroxylation is 5. The Kier molecular flexibility index (Phi) is 8.85. The Morgan fingerprint density at radius 3 is 1.15 bits per heavy atom. The van der Waals surface area contributed by atoms with E-state index in [0.717, 1.165) is 84.0 Å². The second-order valence-electron chi connectivity index (χ2n) is 19.5. The van der Waals surface area contributed by atoms with E-state index < -0.39 is 0 Å². The monoisotopic (exact) mass is 854 g/mol. The Labute approximate surface area is 388 Å². The van der Waals surface area contributed by atoms with Gasteiger partial charge in [0.15, 0.2) is 0 Å². The lowest BCUT2D eigenvalue weighted by Gasteiger charge is -2.36. The molecular formula is C62H54N4. The molecule has 0 spiro atoms. The lowest BCUT2D eigenvalue weighted by atomic mass is 9.81. The van der Waals surface area contributed by atoms with E-state index in [1.54, 1.807) is 0 Å². The number of anilines is 7. The highest BCUT2D eigenvalue weighted by Gasteiger charge is 2.29. The Morgan fingerprint density at radius 1 is 0.303 bits per heavy atom. The van der Waals surface area contributed by atoms with Crippen LogP contribution in [0.5, 0.6) is 0 Å². The van der Waals surface area contributed by atoms with E-state index in [4.69, 9.17) is 0 Å². The van der Waals surface area contributed by atoms with Gasteiger partial charge in [0.25, 0.3) is 0 Å². The summed E-state index contributed by atoms with van der Waals surface area (Å²) < 4.78 is 0. The summed E-state index contributed by atoms with van der Waals surface area (Å²) in [7, 11) is 0. The number of allylic oxidation sites excluding steroid dienone is 1. The number of hydrogen-bond donors (Lipinski definition) is 0. The zero-order chi connectivity index (χ0) is 43.3. The predicted octanol–water partition coefficient (Wildman–Crippen LogP) is 15.3. The summed E-state index contributed by atoms with van der Waals surface area (Å²) in [6.45, 7) is 4.13. The average molecular weight is 855 g/mol. The molecule has 14 rings (SSSR count). The fourth-order valence-corrected chi connectivity index (χ4v) is 12.9. The van der Waals surface area contributed by atoms with Crippen LogP contribution in [0.1, 0.15) is 65.5 Å². The van der Waals surface area contributed by atoms with Gasteiger partial charge in [-0.25, -0.2) is 0 Å². The van der Waals surface area contributed by atoms with Crippen molar-refractivity contribution in [1.82, 2.24) is 0 Å². The highest BCUT2D eigenvalue weighted by Crippen LogP contribution is 2.50. The first-order valence-corrected chi connectivity index (χ1v) is 24.8. The van der Waals surface area contributed by atoms with Gasteiger partial charge >= 0.3 is 0 Å². The summed E-state index contributed by atoms with van der Waals surface area (Å²) in [6, 6.07) is 58.8. The quantitative estimate of drug-likeness (QED) is 0.164. The number of benzene rings is 9. The van der Waals surface area contributed by atoms with E-state index in [2.05, 4.69) is 177 Å². The van der Waals surface area contributed by atoms with Crippen LogP contribution in [0.15, 0.2) is 157 Å². The van der Waals surface area contributed by atoms with E-state index in [1.165, 1.54) is 128 Å². The Hall–Kier alpha value is -7.04. The van der Waals surface area contributed by atoms with Crippen LogP contribution in [0.3, 0.4) is 0 Å². The van der Waals surface area contributed by atoms with Gasteiger partial charge < -0.3 is 19.6 Å². The van der Waals surface area contributed by atoms with E-state index >= 15 is 0 Å². The van der Waals surface area contributed by atoms with Crippen molar-refractivity contribution in [3.63, 3.8) is 0 Å². The molecule has 0 fully saturated rings. The third-order valence-corrected chi connectivity index (χ3v) is 15.9. The minimum absolute atomic E-state index is 1.02. The molecular weight excluding hydrogens is 801 g/mol. The molecule has 9 aromatic carbocycles. The number of para-hydroxylation sites is 4. The molecule has 4 heteroatoms. The van der Waals surface area contributed by atoms with Crippen molar-refractivity contribution in [3.8, 4) is 0 Å². The van der Waals surface area contributed by atoms with Gasteiger partial charge in [0.1, 0.15) is 0 Å². The fourth-order valence-electron chi connectivity index (χ4n) is 12.9. The van der Waals surface area contributed by atoms with Crippen LogP contribution in [-0.2, 0) is 32.1 Å². The van der Waals surface area contributed by atoms with Gasteiger partial charge in [-0.2, -0.15) is 0 Å². The van der Waals surface area contributed by atoms with Crippen LogP contribution in [0.25, 0.3) is 49.2 Å². The Bertz CT molecular complexity index is 3490. The van der Waals surface area contributed by atoms with E-state index in [0.29, 0.717) is 0 Å². The minimum Gasteiger partial charge on any atom is -0.345 e. The van der Waals surface area contributed by atoms with Crippen LogP contribution in [-0.4, -0.2) is 26.2 Å². The maximum Gasteiger partial charge on any atom is 0.0443 e. The lowest BCUT2D eigenvalue weighted by molar-refractivity contribution is 0.720. The van der Waals surface area contributed by atoms with Crippen LogP contribution in [0.2, 0.25) is 0 Å². The van der Waals surface area contributed by atoms with E-state index in [1.807, 2.05) is 0 Å². The van der Waals surface area contributed by atoms with Crippen LogP contribution in [0.4, 0.5) is 39.8 Å². The molecule has 0 bridgehead atoms. The zero-order valence-electron chi connectivity index (χ0n) is 37.7. The lowest BCUT2D eigenvalue weighted by Crippen LogP contribution is -2.29. The third-order valence-electron chi connectivity index (χ3n) is 15.9. The van der Waals surface area contributed by atoms with Gasteiger partial charge in [-0.05, 0) is 207 Å². The van der Waals surface area contributed by atoms with Gasteiger partial charge in [0, 0.05) is 71.7 Å². The molecule has 5 aliphatic rings. The average Bonchev–Trinajstić information content (AvgIpc) is 3.39. The molecule has 0 amide bonds. The van der Waals surface area contributed by atoms with Crippen LogP contribution < -0.4 is 19.6 Å². The van der Waals surface area contributed by atoms with Crippen LogP contribution >= 0.6 is 0 Å². The molecule has 4 heterocycles. The number of hydrogen-bond acceptors (Lipinski definition) is 4. The first-order chi connectivity index (χ1) is 32.7. The second kappa shape index (κ2) is 15.3. The van der Waals surface area contributed by atoms with Crippen molar-refractivity contribution in [1.29, 1.82) is 0 Å². The van der Waals surface area contributed by atoms with Crippen molar-refractivity contribution in [2.24, 2.45) is 0 Å². The molecule has 4 aliphatic heterocycles. The van der Waals surface area contributed by atoms with Crippen molar-refractivity contribution in [2.45, 2.75) is 64.2 Å². The third kappa shape index (κ3) is 5.96. The molecule has 9 aromatic rings. The van der Waals surface area contributed by atoms with Crippen molar-refractivity contribution in [2.75, 3.05) is 45.8 Å². The molecule has 0 aromatic heterocycles. The minimum atomic E-state index is 1.02. The molecule has 0 atom stereocenters. The van der Waals surface area contributed by atoms with Crippen molar-refractivity contribution < 1.29 is 0 Å². The normalized spacial score (nSPS) is 16.8. The summed E-state index contributed by atoms with van der Waals surface area (Å²) >= 11 is 0. The molecule has 0 saturated carbocycles. The highest BCUT2D eigenvalue weighted by atomic mass is 15.2. The SMILES string of the molecule is C1=C(N2CCCc3ccccc32)CCc2c1c1c3cc(N4CCCc5ccccc54)ccc3c3ccc(N4CCCc5ccccc54)cc3c1c1cc(N3CCCc4ccccc43)ccc21. The summed E-state index contributed by atoms with van der Waals surface area (Å²) in [5.74, 6) is 0. The molecule has 322 valence electrons. The number of rotatable bonds is 4. The molecule has 1 aliphatic carbocycles. The van der Waals surface area contributed by atoms with Crippen molar-refractivity contribution >= 4 is 89.0 Å². The predicted molar refractivity (Wildman–Crippen MR) is 280 cm³/mol. The molecule has 4 nitrogen and oxygen atoms in total. The van der Waals surface area contributed by atoms with Crippen LogP contribution in [0, 0.1) is 0 Å². The summed E-state index contributed by atoms with van der Waals surface area (Å²) in [5.41, 5.74) is 19.5. The first kappa shape index (κ1) is 38.3. The van der Waals surface area contributed by atoms with Gasteiger partial charge in [0.2, 0.25) is 0 Å². The number of nitrogens with zero attached hydrogens (tertiary/aromatic N) is 4. The summed E-state index contributed by atoms with van der Waals surface area (Å²) in [6.07, 6.45) is 13.9. The van der Waals surface area contributed by atoms with E-state index in [9.17, 15) is 0 Å². The summed E-state index contributed by atoms with van der Waals surface area (Å²) in [5, 5.41) is 10.9. The van der Waals surface area contributed by atoms with Gasteiger partial charge in [0.05, 0.1) is 0 Å². The topological polar surface area (TPSA) is 13.0 Å².